The summed E-state index contributed by atoms with van der Waals surface area (Å²) in [6, 6.07) is 9.45. The van der Waals surface area contributed by atoms with Gasteiger partial charge >= 0.3 is 0 Å². The first kappa shape index (κ1) is 16.7. The van der Waals surface area contributed by atoms with Gasteiger partial charge < -0.3 is 4.74 Å². The second-order valence-corrected chi connectivity index (χ2v) is 5.10. The third-order valence-electron chi connectivity index (χ3n) is 3.32. The molecule has 2 atom stereocenters. The first-order valence-electron chi connectivity index (χ1n) is 7.39. The fraction of sp³-hybridized carbons (Fsp3) is 0.562. The van der Waals surface area contributed by atoms with Gasteiger partial charge in [-0.05, 0) is 18.9 Å². The summed E-state index contributed by atoms with van der Waals surface area (Å²) in [6.45, 7) is 4.20. The lowest BCUT2D eigenvalue weighted by atomic mass is 10.1. The van der Waals surface area contributed by atoms with Crippen LogP contribution >= 0.6 is 0 Å². The van der Waals surface area contributed by atoms with Gasteiger partial charge in [-0.2, -0.15) is 0 Å². The number of carbonyl (C=O) groups is 1. The van der Waals surface area contributed by atoms with Crippen LogP contribution in [-0.2, 0) is 9.53 Å². The summed E-state index contributed by atoms with van der Waals surface area (Å²) in [5, 5.41) is 0. The van der Waals surface area contributed by atoms with Gasteiger partial charge in [0.25, 0.3) is 5.91 Å². The Bertz CT molecular complexity index is 381. The number of unbranched alkanes of at least 4 members (excludes halogenated alkanes) is 3. The third kappa shape index (κ3) is 5.72. The maximum Gasteiger partial charge on any atom is 0.267 e. The molecule has 2 unspecified atom stereocenters. The largest absolute Gasteiger partial charge is 0.361 e. The Balaban J connectivity index is 2.55. The van der Waals surface area contributed by atoms with Crippen LogP contribution in [0.25, 0.3) is 0 Å². The summed E-state index contributed by atoms with van der Waals surface area (Å²) in [4.78, 5) is 11.9. The Labute approximate surface area is 121 Å². The molecule has 0 heterocycles. The molecule has 1 amide bonds. The van der Waals surface area contributed by atoms with Crippen molar-refractivity contribution in [3.05, 3.63) is 35.9 Å². The van der Waals surface area contributed by atoms with E-state index >= 15 is 0 Å². The standard InChI is InChI=1S/C16H26N2O2/c1-3-4-5-7-10-13(2)20-15(16(19)18-17)14-11-8-6-9-12-14/h6,8-9,11-13,15H,3-5,7,10,17H2,1-2H3,(H,18,19). The van der Waals surface area contributed by atoms with E-state index in [1.165, 1.54) is 19.3 Å². The van der Waals surface area contributed by atoms with Crippen molar-refractivity contribution >= 4 is 5.91 Å². The quantitative estimate of drug-likeness (QED) is 0.316. The van der Waals surface area contributed by atoms with Crippen molar-refractivity contribution in [1.29, 1.82) is 0 Å². The van der Waals surface area contributed by atoms with E-state index in [0.29, 0.717) is 0 Å². The molecule has 0 aliphatic heterocycles. The highest BCUT2D eigenvalue weighted by Gasteiger charge is 2.22. The molecule has 0 saturated heterocycles. The van der Waals surface area contributed by atoms with E-state index in [-0.39, 0.29) is 12.0 Å². The van der Waals surface area contributed by atoms with Crippen LogP contribution in [0.4, 0.5) is 0 Å². The van der Waals surface area contributed by atoms with Gasteiger partial charge in [-0.3, -0.25) is 10.2 Å². The summed E-state index contributed by atoms with van der Waals surface area (Å²) in [5.41, 5.74) is 3.01. The monoisotopic (exact) mass is 278 g/mol. The number of hydrazine groups is 1. The zero-order valence-corrected chi connectivity index (χ0v) is 12.5. The van der Waals surface area contributed by atoms with Crippen LogP contribution < -0.4 is 11.3 Å². The van der Waals surface area contributed by atoms with Crippen molar-refractivity contribution in [1.82, 2.24) is 5.43 Å². The lowest BCUT2D eigenvalue weighted by Crippen LogP contribution is -2.37. The number of nitrogens with two attached hydrogens (primary N) is 1. The number of rotatable bonds is 9. The maximum absolute atomic E-state index is 11.9. The Hall–Kier alpha value is -1.39. The summed E-state index contributed by atoms with van der Waals surface area (Å²) in [5.74, 6) is 4.94. The zero-order valence-electron chi connectivity index (χ0n) is 12.5. The summed E-state index contributed by atoms with van der Waals surface area (Å²) < 4.78 is 5.88. The van der Waals surface area contributed by atoms with Gasteiger partial charge in [-0.25, -0.2) is 5.84 Å². The highest BCUT2D eigenvalue weighted by molar-refractivity contribution is 5.81. The number of nitrogens with one attached hydrogen (secondary N) is 1. The van der Waals surface area contributed by atoms with Crippen LogP contribution in [0.2, 0.25) is 0 Å². The number of hydrogen-bond donors (Lipinski definition) is 2. The smallest absolute Gasteiger partial charge is 0.267 e. The van der Waals surface area contributed by atoms with Gasteiger partial charge in [0.05, 0.1) is 6.10 Å². The minimum atomic E-state index is -0.637. The van der Waals surface area contributed by atoms with Crippen molar-refractivity contribution in [2.75, 3.05) is 0 Å². The van der Waals surface area contributed by atoms with E-state index in [2.05, 4.69) is 12.3 Å². The van der Waals surface area contributed by atoms with Crippen molar-refractivity contribution < 1.29 is 9.53 Å². The summed E-state index contributed by atoms with van der Waals surface area (Å²) >= 11 is 0. The predicted octanol–water partition coefficient (Wildman–Crippen LogP) is 3.09. The molecule has 0 spiro atoms. The molecule has 1 aromatic rings. The number of carbonyl (C=O) groups excluding carboxylic acids is 1. The van der Waals surface area contributed by atoms with Crippen molar-refractivity contribution in [2.24, 2.45) is 5.84 Å². The minimum absolute atomic E-state index is 0.0364. The van der Waals surface area contributed by atoms with Gasteiger partial charge in [0.1, 0.15) is 0 Å². The topological polar surface area (TPSA) is 64.3 Å². The van der Waals surface area contributed by atoms with Crippen LogP contribution in [0.3, 0.4) is 0 Å². The van der Waals surface area contributed by atoms with E-state index in [1.807, 2.05) is 37.3 Å². The molecule has 1 rings (SSSR count). The van der Waals surface area contributed by atoms with Crippen molar-refractivity contribution in [3.8, 4) is 0 Å². The van der Waals surface area contributed by atoms with E-state index in [1.54, 1.807) is 0 Å². The Morgan fingerprint density at radius 2 is 1.95 bits per heavy atom. The van der Waals surface area contributed by atoms with Gasteiger partial charge in [0, 0.05) is 0 Å². The maximum atomic E-state index is 11.9. The third-order valence-corrected chi connectivity index (χ3v) is 3.32. The van der Waals surface area contributed by atoms with E-state index < -0.39 is 6.10 Å². The predicted molar refractivity (Wildman–Crippen MR) is 80.8 cm³/mol. The molecule has 0 aliphatic rings. The molecule has 0 aromatic heterocycles. The minimum Gasteiger partial charge on any atom is -0.361 e. The highest BCUT2D eigenvalue weighted by Crippen LogP contribution is 2.21. The van der Waals surface area contributed by atoms with E-state index in [4.69, 9.17) is 10.6 Å². The fourth-order valence-electron chi connectivity index (χ4n) is 2.15. The molecule has 20 heavy (non-hydrogen) atoms. The molecule has 4 nitrogen and oxygen atoms in total. The highest BCUT2D eigenvalue weighted by atomic mass is 16.5. The van der Waals surface area contributed by atoms with Crippen LogP contribution in [0, 0.1) is 0 Å². The molecule has 0 fully saturated rings. The molecular formula is C16H26N2O2. The second kappa shape index (κ2) is 9.50. The molecule has 1 aromatic carbocycles. The molecule has 0 aliphatic carbocycles. The van der Waals surface area contributed by atoms with Crippen molar-refractivity contribution in [2.45, 2.75) is 58.2 Å². The van der Waals surface area contributed by atoms with Gasteiger partial charge in [-0.15, -0.1) is 0 Å². The number of ether oxygens (including phenoxy) is 1. The lowest BCUT2D eigenvalue weighted by molar-refractivity contribution is -0.137. The zero-order chi connectivity index (χ0) is 14.8. The number of amides is 1. The second-order valence-electron chi connectivity index (χ2n) is 5.10. The molecule has 112 valence electrons. The molecule has 4 heteroatoms. The number of hydrogen-bond acceptors (Lipinski definition) is 3. The first-order chi connectivity index (χ1) is 9.69. The van der Waals surface area contributed by atoms with Gasteiger partial charge in [0.2, 0.25) is 0 Å². The molecule has 0 saturated carbocycles. The van der Waals surface area contributed by atoms with Crippen LogP contribution in [0.1, 0.15) is 57.6 Å². The Morgan fingerprint density at radius 1 is 1.25 bits per heavy atom. The molecule has 3 N–H and O–H groups in total. The SMILES string of the molecule is CCCCCCC(C)OC(C(=O)NN)c1ccccc1. The first-order valence-corrected chi connectivity index (χ1v) is 7.39. The summed E-state index contributed by atoms with van der Waals surface area (Å²) in [7, 11) is 0. The van der Waals surface area contributed by atoms with E-state index in [0.717, 1.165) is 18.4 Å². The normalized spacial score (nSPS) is 13.8. The summed E-state index contributed by atoms with van der Waals surface area (Å²) in [6.07, 6.45) is 5.16. The lowest BCUT2D eigenvalue weighted by Gasteiger charge is -2.21. The van der Waals surface area contributed by atoms with Crippen LogP contribution in [-0.4, -0.2) is 12.0 Å². The molecule has 0 bridgehead atoms. The van der Waals surface area contributed by atoms with Crippen molar-refractivity contribution in [3.63, 3.8) is 0 Å². The molecule has 0 radical (unpaired) electrons. The van der Waals surface area contributed by atoms with Gasteiger partial charge in [0.15, 0.2) is 6.10 Å². The Morgan fingerprint density at radius 3 is 2.55 bits per heavy atom. The fourth-order valence-corrected chi connectivity index (χ4v) is 2.15. The average Bonchev–Trinajstić information content (AvgIpc) is 2.49. The average molecular weight is 278 g/mol. The molecular weight excluding hydrogens is 252 g/mol. The van der Waals surface area contributed by atoms with Crippen LogP contribution in [0.15, 0.2) is 30.3 Å². The number of benzene rings is 1. The van der Waals surface area contributed by atoms with Crippen LogP contribution in [0.5, 0.6) is 0 Å². The Kier molecular flexibility index (Phi) is 7.92. The van der Waals surface area contributed by atoms with E-state index in [9.17, 15) is 4.79 Å². The van der Waals surface area contributed by atoms with Gasteiger partial charge in [-0.1, -0.05) is 62.9 Å².